The smallest absolute Gasteiger partial charge is 0.135 e. The second kappa shape index (κ2) is 5.88. The van der Waals surface area contributed by atoms with Gasteiger partial charge < -0.3 is 15.7 Å². The van der Waals surface area contributed by atoms with Gasteiger partial charge in [-0.3, -0.25) is 0 Å². The van der Waals surface area contributed by atoms with Gasteiger partial charge in [-0.05, 0) is 31.2 Å². The number of phenolic OH excluding ortho intramolecular Hbond substituents is 1. The van der Waals surface area contributed by atoms with Crippen molar-refractivity contribution in [2.24, 2.45) is 5.73 Å². The van der Waals surface area contributed by atoms with Crippen molar-refractivity contribution in [1.29, 1.82) is 0 Å². The Hall–Kier alpha value is -2.14. The summed E-state index contributed by atoms with van der Waals surface area (Å²) in [4.78, 5) is 1.86. The van der Waals surface area contributed by atoms with E-state index >= 15 is 0 Å². The van der Waals surface area contributed by atoms with E-state index in [2.05, 4.69) is 0 Å². The summed E-state index contributed by atoms with van der Waals surface area (Å²) >= 11 is 4.94. The van der Waals surface area contributed by atoms with Gasteiger partial charge in [0.1, 0.15) is 16.6 Å². The molecule has 0 amide bonds. The van der Waals surface area contributed by atoms with Crippen molar-refractivity contribution < 1.29 is 9.50 Å². The molecule has 0 spiro atoms. The lowest BCUT2D eigenvalue weighted by molar-refractivity contribution is 0.475. The monoisotopic (exact) mass is 290 g/mol. The number of benzene rings is 2. The third-order valence-electron chi connectivity index (χ3n) is 2.99. The average Bonchev–Trinajstić information content (AvgIpc) is 2.39. The number of aromatic hydroxyl groups is 1. The molecule has 0 atom stereocenters. The molecule has 0 saturated carbocycles. The predicted octanol–water partition coefficient (Wildman–Crippen LogP) is 3.32. The molecule has 0 aliphatic heterocycles. The summed E-state index contributed by atoms with van der Waals surface area (Å²) in [6.45, 7) is 2.51. The maximum atomic E-state index is 13.9. The fraction of sp³-hybridized carbons (Fsp3) is 0.133. The van der Waals surface area contributed by atoms with E-state index < -0.39 is 5.82 Å². The van der Waals surface area contributed by atoms with Crippen LogP contribution in [0.1, 0.15) is 12.5 Å². The molecule has 2 aromatic carbocycles. The second-order valence-corrected chi connectivity index (χ2v) is 4.70. The Labute approximate surface area is 122 Å². The minimum absolute atomic E-state index is 0.0108. The van der Waals surface area contributed by atoms with Gasteiger partial charge in [-0.2, -0.15) is 0 Å². The van der Waals surface area contributed by atoms with Crippen LogP contribution in [-0.2, 0) is 0 Å². The molecular weight excluding hydrogens is 275 g/mol. The molecule has 2 rings (SSSR count). The molecule has 0 aliphatic rings. The van der Waals surface area contributed by atoms with Crippen molar-refractivity contribution in [3.8, 4) is 5.75 Å². The van der Waals surface area contributed by atoms with Crippen LogP contribution < -0.4 is 10.6 Å². The Morgan fingerprint density at radius 2 is 2.00 bits per heavy atom. The summed E-state index contributed by atoms with van der Waals surface area (Å²) in [5.74, 6) is -0.303. The molecule has 0 fully saturated rings. The Balaban J connectivity index is 2.58. The first kappa shape index (κ1) is 14.3. The molecule has 2 aromatic rings. The number of phenols is 1. The Morgan fingerprint density at radius 3 is 2.60 bits per heavy atom. The number of thiocarbonyl (C=S) groups is 1. The highest BCUT2D eigenvalue weighted by molar-refractivity contribution is 7.80. The quantitative estimate of drug-likeness (QED) is 0.848. The molecule has 0 aromatic heterocycles. The first-order valence-corrected chi connectivity index (χ1v) is 6.60. The second-order valence-electron chi connectivity index (χ2n) is 4.26. The normalized spacial score (nSPS) is 10.3. The van der Waals surface area contributed by atoms with Crippen LogP contribution in [0, 0.1) is 5.82 Å². The summed E-state index contributed by atoms with van der Waals surface area (Å²) in [5.41, 5.74) is 7.18. The number of hydrogen-bond donors (Lipinski definition) is 2. The molecule has 104 valence electrons. The highest BCUT2D eigenvalue weighted by atomic mass is 32.1. The van der Waals surface area contributed by atoms with Gasteiger partial charge in [-0.15, -0.1) is 0 Å². The van der Waals surface area contributed by atoms with Gasteiger partial charge in [0.2, 0.25) is 0 Å². The van der Waals surface area contributed by atoms with Crippen LogP contribution in [0.5, 0.6) is 5.75 Å². The van der Waals surface area contributed by atoms with E-state index in [9.17, 15) is 9.50 Å². The largest absolute Gasteiger partial charge is 0.508 e. The molecule has 0 radical (unpaired) electrons. The van der Waals surface area contributed by atoms with E-state index in [1.165, 1.54) is 6.07 Å². The molecule has 20 heavy (non-hydrogen) atoms. The van der Waals surface area contributed by atoms with Crippen molar-refractivity contribution in [2.75, 3.05) is 11.4 Å². The van der Waals surface area contributed by atoms with E-state index in [4.69, 9.17) is 18.0 Å². The van der Waals surface area contributed by atoms with Gasteiger partial charge in [-0.1, -0.05) is 24.4 Å². The molecule has 3 nitrogen and oxygen atoms in total. The zero-order valence-corrected chi connectivity index (χ0v) is 11.8. The fourth-order valence-electron chi connectivity index (χ4n) is 2.13. The molecule has 0 heterocycles. The molecular formula is C15H15FN2OS. The Morgan fingerprint density at radius 1 is 1.30 bits per heavy atom. The van der Waals surface area contributed by atoms with Gasteiger partial charge in [0.05, 0.1) is 11.3 Å². The lowest BCUT2D eigenvalue weighted by Crippen LogP contribution is -2.22. The summed E-state index contributed by atoms with van der Waals surface area (Å²) in [6.07, 6.45) is 0. The zero-order valence-electron chi connectivity index (χ0n) is 11.0. The average molecular weight is 290 g/mol. The highest BCUT2D eigenvalue weighted by Gasteiger charge is 2.17. The number of hydrogen-bond acceptors (Lipinski definition) is 3. The SMILES string of the molecule is CCN(c1cccc(O)c1)c1cccc(F)c1C(N)=S. The lowest BCUT2D eigenvalue weighted by Gasteiger charge is -2.26. The first-order valence-electron chi connectivity index (χ1n) is 6.19. The minimum Gasteiger partial charge on any atom is -0.508 e. The van der Waals surface area contributed by atoms with E-state index in [0.29, 0.717) is 12.2 Å². The number of nitrogens with zero attached hydrogens (tertiary/aromatic N) is 1. The predicted molar refractivity (Wildman–Crippen MR) is 83.1 cm³/mol. The fourth-order valence-corrected chi connectivity index (χ4v) is 2.34. The van der Waals surface area contributed by atoms with E-state index in [-0.39, 0.29) is 16.3 Å². The molecule has 5 heteroatoms. The Kier molecular flexibility index (Phi) is 4.20. The molecule has 0 aliphatic carbocycles. The van der Waals surface area contributed by atoms with Crippen molar-refractivity contribution in [1.82, 2.24) is 0 Å². The number of nitrogens with two attached hydrogens (primary N) is 1. The third kappa shape index (κ3) is 2.72. The minimum atomic E-state index is -0.450. The van der Waals surface area contributed by atoms with E-state index in [1.807, 2.05) is 17.9 Å². The molecule has 0 saturated heterocycles. The van der Waals surface area contributed by atoms with E-state index in [1.54, 1.807) is 30.3 Å². The molecule has 0 bridgehead atoms. The topological polar surface area (TPSA) is 49.5 Å². The van der Waals surface area contributed by atoms with Crippen LogP contribution in [0.4, 0.5) is 15.8 Å². The van der Waals surface area contributed by atoms with Crippen LogP contribution in [0.15, 0.2) is 42.5 Å². The zero-order chi connectivity index (χ0) is 14.7. The van der Waals surface area contributed by atoms with Gasteiger partial charge in [0.25, 0.3) is 0 Å². The maximum Gasteiger partial charge on any atom is 0.135 e. The number of anilines is 2. The van der Waals surface area contributed by atoms with Crippen LogP contribution in [-0.4, -0.2) is 16.6 Å². The lowest BCUT2D eigenvalue weighted by atomic mass is 10.1. The standard InChI is InChI=1S/C15H15FN2OS/c1-2-18(10-5-3-6-11(19)9-10)13-8-4-7-12(16)14(13)15(17)20/h3-9,19H,2H2,1H3,(H2,17,20). The summed E-state index contributed by atoms with van der Waals surface area (Å²) in [7, 11) is 0. The third-order valence-corrected chi connectivity index (χ3v) is 3.19. The van der Waals surface area contributed by atoms with Crippen molar-refractivity contribution in [3.63, 3.8) is 0 Å². The summed E-state index contributed by atoms with van der Waals surface area (Å²) in [6, 6.07) is 11.4. The molecule has 0 unspecified atom stereocenters. The van der Waals surface area contributed by atoms with Gasteiger partial charge in [0, 0.05) is 18.3 Å². The van der Waals surface area contributed by atoms with Gasteiger partial charge in [-0.25, -0.2) is 4.39 Å². The summed E-state index contributed by atoms with van der Waals surface area (Å²) in [5, 5.41) is 9.59. The van der Waals surface area contributed by atoms with Crippen molar-refractivity contribution >= 4 is 28.6 Å². The van der Waals surface area contributed by atoms with Crippen molar-refractivity contribution in [3.05, 3.63) is 53.8 Å². The first-order chi connectivity index (χ1) is 9.54. The number of halogens is 1. The maximum absolute atomic E-state index is 13.9. The Bertz CT molecular complexity index is 646. The van der Waals surface area contributed by atoms with E-state index in [0.717, 1.165) is 5.69 Å². The van der Waals surface area contributed by atoms with Gasteiger partial charge >= 0.3 is 0 Å². The van der Waals surface area contributed by atoms with Crippen molar-refractivity contribution in [2.45, 2.75) is 6.92 Å². The highest BCUT2D eigenvalue weighted by Crippen LogP contribution is 2.31. The van der Waals surface area contributed by atoms with Gasteiger partial charge in [0.15, 0.2) is 0 Å². The number of rotatable bonds is 4. The van der Waals surface area contributed by atoms with Crippen LogP contribution in [0.3, 0.4) is 0 Å². The van der Waals surface area contributed by atoms with Crippen LogP contribution in [0.2, 0.25) is 0 Å². The molecule has 3 N–H and O–H groups in total. The van der Waals surface area contributed by atoms with Crippen LogP contribution in [0.25, 0.3) is 0 Å². The van der Waals surface area contributed by atoms with Crippen LogP contribution >= 0.6 is 12.2 Å². The summed E-state index contributed by atoms with van der Waals surface area (Å²) < 4.78 is 13.9.